The first-order valence-electron chi connectivity index (χ1n) is 6.89. The van der Waals surface area contributed by atoms with Crippen LogP contribution in [-0.2, 0) is 4.74 Å². The maximum Gasteiger partial charge on any atom is 0.337 e. The molecular weight excluding hydrogens is 248 g/mol. The summed E-state index contributed by atoms with van der Waals surface area (Å²) in [5, 5.41) is 2.18. The minimum Gasteiger partial charge on any atom is -0.465 e. The first-order chi connectivity index (χ1) is 9.60. The summed E-state index contributed by atoms with van der Waals surface area (Å²) < 4.78 is 4.73. The van der Waals surface area contributed by atoms with Gasteiger partial charge in [0.2, 0.25) is 0 Å². The molecule has 0 saturated heterocycles. The number of methoxy groups -OCH3 is 1. The van der Waals surface area contributed by atoms with Crippen LogP contribution in [0.15, 0.2) is 42.5 Å². The van der Waals surface area contributed by atoms with Crippen LogP contribution in [0.3, 0.4) is 0 Å². The number of hydrogen-bond acceptors (Lipinski definition) is 2. The molecule has 0 aliphatic carbocycles. The van der Waals surface area contributed by atoms with Gasteiger partial charge in [-0.1, -0.05) is 44.2 Å². The second-order valence-electron chi connectivity index (χ2n) is 5.34. The van der Waals surface area contributed by atoms with Crippen molar-refractivity contribution >= 4 is 22.8 Å². The van der Waals surface area contributed by atoms with E-state index in [1.165, 1.54) is 12.7 Å². The number of rotatable bonds is 4. The maximum absolute atomic E-state index is 11.5. The van der Waals surface area contributed by atoms with Crippen molar-refractivity contribution in [2.45, 2.75) is 20.3 Å². The number of fused-ring (bicyclic) bond motifs is 1. The van der Waals surface area contributed by atoms with Gasteiger partial charge in [0.15, 0.2) is 0 Å². The van der Waals surface area contributed by atoms with Gasteiger partial charge in [-0.3, -0.25) is 0 Å². The van der Waals surface area contributed by atoms with Crippen LogP contribution in [0.4, 0.5) is 0 Å². The molecule has 0 unspecified atom stereocenters. The second-order valence-corrected chi connectivity index (χ2v) is 5.34. The molecule has 0 spiro atoms. The molecule has 2 heteroatoms. The van der Waals surface area contributed by atoms with E-state index < -0.39 is 0 Å². The summed E-state index contributed by atoms with van der Waals surface area (Å²) in [5.41, 5.74) is 1.77. The maximum atomic E-state index is 11.5. The Labute approximate surface area is 120 Å². The second kappa shape index (κ2) is 6.38. The molecule has 2 nitrogen and oxygen atoms in total. The Balaban J connectivity index is 2.27. The van der Waals surface area contributed by atoms with Gasteiger partial charge in [-0.25, -0.2) is 4.79 Å². The predicted molar refractivity (Wildman–Crippen MR) is 83.8 cm³/mol. The lowest BCUT2D eigenvalue weighted by Gasteiger charge is -2.03. The SMILES string of the molecule is COC(=O)c1ccc2cc(/C=C/CC(C)C)ccc2c1. The molecule has 0 fully saturated rings. The first kappa shape index (κ1) is 14.3. The molecule has 0 radical (unpaired) electrons. The molecule has 0 aliphatic rings. The number of allylic oxidation sites excluding steroid dienone is 1. The van der Waals surface area contributed by atoms with E-state index in [-0.39, 0.29) is 5.97 Å². The van der Waals surface area contributed by atoms with Crippen LogP contribution in [0.1, 0.15) is 36.2 Å². The highest BCUT2D eigenvalue weighted by Gasteiger charge is 2.05. The zero-order valence-electron chi connectivity index (χ0n) is 12.2. The van der Waals surface area contributed by atoms with Crippen molar-refractivity contribution in [2.75, 3.05) is 7.11 Å². The summed E-state index contributed by atoms with van der Waals surface area (Å²) in [6.45, 7) is 4.41. The molecule has 0 heterocycles. The van der Waals surface area contributed by atoms with Gasteiger partial charge >= 0.3 is 5.97 Å². The number of carbonyl (C=O) groups excluding carboxylic acids is 1. The highest BCUT2D eigenvalue weighted by molar-refractivity contribution is 5.95. The smallest absolute Gasteiger partial charge is 0.337 e. The van der Waals surface area contributed by atoms with E-state index in [4.69, 9.17) is 4.74 Å². The van der Waals surface area contributed by atoms with Gasteiger partial charge in [0.25, 0.3) is 0 Å². The molecule has 2 aromatic carbocycles. The van der Waals surface area contributed by atoms with Gasteiger partial charge in [0.1, 0.15) is 0 Å². The summed E-state index contributed by atoms with van der Waals surface area (Å²) in [7, 11) is 1.40. The third-order valence-corrected chi connectivity index (χ3v) is 3.20. The lowest BCUT2D eigenvalue weighted by Crippen LogP contribution is -2.00. The van der Waals surface area contributed by atoms with Crippen molar-refractivity contribution in [3.63, 3.8) is 0 Å². The molecule has 0 saturated carbocycles. The number of benzene rings is 2. The Morgan fingerprint density at radius 2 is 1.85 bits per heavy atom. The van der Waals surface area contributed by atoms with Crippen LogP contribution in [0.2, 0.25) is 0 Å². The largest absolute Gasteiger partial charge is 0.465 e. The zero-order valence-corrected chi connectivity index (χ0v) is 12.2. The fourth-order valence-electron chi connectivity index (χ4n) is 2.09. The van der Waals surface area contributed by atoms with E-state index in [0.717, 1.165) is 17.2 Å². The van der Waals surface area contributed by atoms with Crippen molar-refractivity contribution < 1.29 is 9.53 Å². The minimum absolute atomic E-state index is 0.298. The highest BCUT2D eigenvalue weighted by atomic mass is 16.5. The molecule has 0 aromatic heterocycles. The quantitative estimate of drug-likeness (QED) is 0.752. The Hall–Kier alpha value is -2.09. The molecule has 20 heavy (non-hydrogen) atoms. The molecule has 2 aromatic rings. The normalized spacial score (nSPS) is 11.4. The van der Waals surface area contributed by atoms with Gasteiger partial charge in [0, 0.05) is 0 Å². The van der Waals surface area contributed by atoms with E-state index >= 15 is 0 Å². The summed E-state index contributed by atoms with van der Waals surface area (Å²) in [4.78, 5) is 11.5. The van der Waals surface area contributed by atoms with Gasteiger partial charge < -0.3 is 4.74 Å². The molecule has 2 rings (SSSR count). The molecule has 104 valence electrons. The van der Waals surface area contributed by atoms with Crippen molar-refractivity contribution in [1.29, 1.82) is 0 Å². The fraction of sp³-hybridized carbons (Fsp3) is 0.278. The van der Waals surface area contributed by atoms with Gasteiger partial charge in [-0.15, -0.1) is 0 Å². The summed E-state index contributed by atoms with van der Waals surface area (Å²) in [6.07, 6.45) is 5.43. The lowest BCUT2D eigenvalue weighted by molar-refractivity contribution is 0.0601. The third kappa shape index (κ3) is 3.47. The van der Waals surface area contributed by atoms with Gasteiger partial charge in [0.05, 0.1) is 12.7 Å². The van der Waals surface area contributed by atoms with Crippen LogP contribution in [-0.4, -0.2) is 13.1 Å². The van der Waals surface area contributed by atoms with Crippen LogP contribution in [0, 0.1) is 5.92 Å². The van der Waals surface area contributed by atoms with Crippen LogP contribution in [0.25, 0.3) is 16.8 Å². The molecule has 0 N–H and O–H groups in total. The number of hydrogen-bond donors (Lipinski definition) is 0. The van der Waals surface area contributed by atoms with Crippen molar-refractivity contribution in [1.82, 2.24) is 0 Å². The number of carbonyl (C=O) groups is 1. The highest BCUT2D eigenvalue weighted by Crippen LogP contribution is 2.19. The molecule has 0 atom stereocenters. The van der Waals surface area contributed by atoms with Crippen molar-refractivity contribution in [2.24, 2.45) is 5.92 Å². The topological polar surface area (TPSA) is 26.3 Å². The van der Waals surface area contributed by atoms with Crippen LogP contribution < -0.4 is 0 Å². The Morgan fingerprint density at radius 1 is 1.15 bits per heavy atom. The summed E-state index contributed by atoms with van der Waals surface area (Å²) in [6, 6.07) is 11.9. The van der Waals surface area contributed by atoms with E-state index in [1.54, 1.807) is 6.07 Å². The summed E-state index contributed by atoms with van der Waals surface area (Å²) >= 11 is 0. The standard InChI is InChI=1S/C18H20O2/c1-13(2)5-4-6-14-7-8-16-12-17(18(19)20-3)10-9-15(16)11-14/h4,6-13H,5H2,1-3H3/b6-4+. The molecule has 0 bridgehead atoms. The number of ether oxygens (including phenoxy) is 1. The zero-order chi connectivity index (χ0) is 14.5. The third-order valence-electron chi connectivity index (χ3n) is 3.20. The Kier molecular flexibility index (Phi) is 4.57. The fourth-order valence-corrected chi connectivity index (χ4v) is 2.09. The molecular formula is C18H20O2. The van der Waals surface area contributed by atoms with E-state index in [9.17, 15) is 4.79 Å². The molecule has 0 amide bonds. The molecule has 0 aliphatic heterocycles. The first-order valence-corrected chi connectivity index (χ1v) is 6.89. The van der Waals surface area contributed by atoms with Crippen LogP contribution >= 0.6 is 0 Å². The van der Waals surface area contributed by atoms with Crippen molar-refractivity contribution in [3.8, 4) is 0 Å². The van der Waals surface area contributed by atoms with Gasteiger partial charge in [-0.2, -0.15) is 0 Å². The van der Waals surface area contributed by atoms with Crippen LogP contribution in [0.5, 0.6) is 0 Å². The Morgan fingerprint density at radius 3 is 2.55 bits per heavy atom. The minimum atomic E-state index is -0.298. The van der Waals surface area contributed by atoms with Gasteiger partial charge in [-0.05, 0) is 46.9 Å². The van der Waals surface area contributed by atoms with E-state index in [0.29, 0.717) is 11.5 Å². The monoisotopic (exact) mass is 268 g/mol. The van der Waals surface area contributed by atoms with E-state index in [1.807, 2.05) is 18.2 Å². The lowest BCUT2D eigenvalue weighted by atomic mass is 10.0. The summed E-state index contributed by atoms with van der Waals surface area (Å²) in [5.74, 6) is 0.377. The average molecular weight is 268 g/mol. The average Bonchev–Trinajstić information content (AvgIpc) is 2.45. The van der Waals surface area contributed by atoms with E-state index in [2.05, 4.69) is 38.1 Å². The van der Waals surface area contributed by atoms with Crippen molar-refractivity contribution in [3.05, 3.63) is 53.6 Å². The Bertz CT molecular complexity index is 639. The predicted octanol–water partition coefficient (Wildman–Crippen LogP) is 4.69. The number of esters is 1.